The monoisotopic (exact) mass is 296 g/mol. The van der Waals surface area contributed by atoms with Crippen molar-refractivity contribution >= 4 is 21.4 Å². The van der Waals surface area contributed by atoms with Crippen LogP contribution in [0, 0.1) is 17.0 Å². The summed E-state index contributed by atoms with van der Waals surface area (Å²) in [6.07, 6.45) is 1.35. The average Bonchev–Trinajstić information content (AvgIpc) is 2.70. The first-order chi connectivity index (χ1) is 9.33. The molecule has 1 N–H and O–H groups in total. The number of benzene rings is 1. The van der Waals surface area contributed by atoms with E-state index in [1.54, 1.807) is 14.0 Å². The first-order valence-corrected chi connectivity index (χ1v) is 7.06. The predicted molar refractivity (Wildman–Crippen MR) is 71.8 cm³/mol. The van der Waals surface area contributed by atoms with Crippen molar-refractivity contribution in [1.29, 1.82) is 0 Å². The number of anilines is 1. The fourth-order valence-electron chi connectivity index (χ4n) is 1.63. The van der Waals surface area contributed by atoms with Gasteiger partial charge < -0.3 is 0 Å². The highest BCUT2D eigenvalue weighted by atomic mass is 32.2. The molecule has 0 aliphatic carbocycles. The van der Waals surface area contributed by atoms with Gasteiger partial charge in [0, 0.05) is 13.1 Å². The van der Waals surface area contributed by atoms with Gasteiger partial charge in [-0.15, -0.1) is 0 Å². The molecule has 0 saturated heterocycles. The van der Waals surface area contributed by atoms with E-state index in [-0.39, 0.29) is 10.6 Å². The maximum atomic E-state index is 12.2. The summed E-state index contributed by atoms with van der Waals surface area (Å²) >= 11 is 0. The van der Waals surface area contributed by atoms with Crippen LogP contribution in [0.15, 0.2) is 35.4 Å². The van der Waals surface area contributed by atoms with Crippen molar-refractivity contribution in [2.75, 3.05) is 4.72 Å². The lowest BCUT2D eigenvalue weighted by Gasteiger charge is -2.07. The Bertz CT molecular complexity index is 766. The van der Waals surface area contributed by atoms with Crippen LogP contribution in [0.3, 0.4) is 0 Å². The minimum absolute atomic E-state index is 0.283. The first-order valence-electron chi connectivity index (χ1n) is 5.58. The molecule has 2 aromatic rings. The molecule has 1 aromatic carbocycles. The highest BCUT2D eigenvalue weighted by molar-refractivity contribution is 7.92. The molecule has 0 radical (unpaired) electrons. The van der Waals surface area contributed by atoms with Crippen molar-refractivity contribution in [3.05, 3.63) is 46.3 Å². The highest BCUT2D eigenvalue weighted by Gasteiger charge is 2.26. The third-order valence-electron chi connectivity index (χ3n) is 2.83. The number of nitrogens with zero attached hydrogens (tertiary/aromatic N) is 3. The van der Waals surface area contributed by atoms with Crippen LogP contribution < -0.4 is 4.72 Å². The van der Waals surface area contributed by atoms with Gasteiger partial charge in [0.2, 0.25) is 0 Å². The van der Waals surface area contributed by atoms with Gasteiger partial charge in [-0.2, -0.15) is 5.10 Å². The number of hydrogen-bond acceptors (Lipinski definition) is 5. The van der Waals surface area contributed by atoms with E-state index in [1.165, 1.54) is 29.1 Å². The second-order valence-electron chi connectivity index (χ2n) is 4.10. The van der Waals surface area contributed by atoms with Crippen LogP contribution in [0.4, 0.5) is 11.4 Å². The third kappa shape index (κ3) is 2.48. The molecular weight excluding hydrogens is 284 g/mol. The van der Waals surface area contributed by atoms with Gasteiger partial charge in [0.1, 0.15) is 0 Å². The molecule has 0 unspecified atom stereocenters. The van der Waals surface area contributed by atoms with Gasteiger partial charge in [0.05, 0.1) is 22.5 Å². The molecule has 0 amide bonds. The fourth-order valence-corrected chi connectivity index (χ4v) is 2.91. The van der Waals surface area contributed by atoms with Crippen LogP contribution in [-0.4, -0.2) is 23.1 Å². The van der Waals surface area contributed by atoms with E-state index in [4.69, 9.17) is 0 Å². The zero-order chi connectivity index (χ0) is 14.9. The van der Waals surface area contributed by atoms with Gasteiger partial charge in [-0.1, -0.05) is 12.1 Å². The standard InChI is InChI=1S/C11H12N4O4S/c1-8-9(7-12-14(8)2)13-20(18,19)11-6-4-3-5-10(11)15(16)17/h3-7,13H,1-2H3. The summed E-state index contributed by atoms with van der Waals surface area (Å²) in [7, 11) is -2.38. The van der Waals surface area contributed by atoms with Gasteiger partial charge in [-0.05, 0) is 13.0 Å². The number of nitro benzene ring substituents is 1. The minimum atomic E-state index is -4.04. The van der Waals surface area contributed by atoms with Crippen LogP contribution in [0.25, 0.3) is 0 Å². The van der Waals surface area contributed by atoms with Crippen molar-refractivity contribution in [2.45, 2.75) is 11.8 Å². The zero-order valence-electron chi connectivity index (χ0n) is 10.8. The Morgan fingerprint density at radius 1 is 1.35 bits per heavy atom. The van der Waals surface area contributed by atoms with E-state index in [9.17, 15) is 18.5 Å². The number of para-hydroxylation sites is 1. The Morgan fingerprint density at radius 3 is 2.55 bits per heavy atom. The molecule has 1 aromatic heterocycles. The molecule has 0 saturated carbocycles. The topological polar surface area (TPSA) is 107 Å². The predicted octanol–water partition coefficient (Wildman–Crippen LogP) is 1.44. The number of hydrogen-bond donors (Lipinski definition) is 1. The summed E-state index contributed by atoms with van der Waals surface area (Å²) in [5.41, 5.74) is 0.416. The lowest BCUT2D eigenvalue weighted by molar-refractivity contribution is -0.387. The van der Waals surface area contributed by atoms with Gasteiger partial charge in [-0.25, -0.2) is 8.42 Å². The minimum Gasteiger partial charge on any atom is -0.276 e. The van der Waals surface area contributed by atoms with Crippen molar-refractivity contribution in [3.8, 4) is 0 Å². The maximum absolute atomic E-state index is 12.2. The first kappa shape index (κ1) is 14.0. The smallest absolute Gasteiger partial charge is 0.276 e. The molecule has 8 nitrogen and oxygen atoms in total. The molecule has 106 valence electrons. The van der Waals surface area contributed by atoms with Crippen molar-refractivity contribution in [2.24, 2.45) is 7.05 Å². The zero-order valence-corrected chi connectivity index (χ0v) is 11.6. The number of sulfonamides is 1. The third-order valence-corrected chi connectivity index (χ3v) is 4.24. The molecule has 9 heteroatoms. The van der Waals surface area contributed by atoms with Gasteiger partial charge >= 0.3 is 0 Å². The lowest BCUT2D eigenvalue weighted by Crippen LogP contribution is -2.15. The number of nitro groups is 1. The van der Waals surface area contributed by atoms with Crippen LogP contribution in [0.5, 0.6) is 0 Å². The molecule has 2 rings (SSSR count). The van der Waals surface area contributed by atoms with Gasteiger partial charge in [-0.3, -0.25) is 19.5 Å². The maximum Gasteiger partial charge on any atom is 0.289 e. The molecular formula is C11H12N4O4S. The van der Waals surface area contributed by atoms with Crippen LogP contribution in [0.1, 0.15) is 5.69 Å². The second-order valence-corrected chi connectivity index (χ2v) is 5.75. The summed E-state index contributed by atoms with van der Waals surface area (Å²) < 4.78 is 28.3. The quantitative estimate of drug-likeness (QED) is 0.678. The van der Waals surface area contributed by atoms with Crippen LogP contribution >= 0.6 is 0 Å². The molecule has 0 aliphatic rings. The summed E-state index contributed by atoms with van der Waals surface area (Å²) in [6.45, 7) is 1.68. The van der Waals surface area contributed by atoms with Crippen LogP contribution in [0.2, 0.25) is 0 Å². The van der Waals surface area contributed by atoms with E-state index in [0.717, 1.165) is 6.07 Å². The average molecular weight is 296 g/mol. The SMILES string of the molecule is Cc1c(NS(=O)(=O)c2ccccc2[N+](=O)[O-])cnn1C. The van der Waals surface area contributed by atoms with E-state index in [2.05, 4.69) is 9.82 Å². The summed E-state index contributed by atoms with van der Waals surface area (Å²) in [5, 5.41) is 14.8. The van der Waals surface area contributed by atoms with Gasteiger partial charge in [0.15, 0.2) is 4.90 Å². The van der Waals surface area contributed by atoms with Gasteiger partial charge in [0.25, 0.3) is 15.7 Å². The Hall–Kier alpha value is -2.42. The van der Waals surface area contributed by atoms with E-state index in [0.29, 0.717) is 5.69 Å². The number of nitrogens with one attached hydrogen (secondary N) is 1. The van der Waals surface area contributed by atoms with Crippen molar-refractivity contribution in [1.82, 2.24) is 9.78 Å². The molecule has 0 fully saturated rings. The Balaban J connectivity index is 2.46. The van der Waals surface area contributed by atoms with E-state index >= 15 is 0 Å². The normalized spacial score (nSPS) is 11.3. The van der Waals surface area contributed by atoms with E-state index in [1.807, 2.05) is 0 Å². The van der Waals surface area contributed by atoms with Crippen molar-refractivity contribution in [3.63, 3.8) is 0 Å². The molecule has 20 heavy (non-hydrogen) atoms. The number of aromatic nitrogens is 2. The largest absolute Gasteiger partial charge is 0.289 e. The second kappa shape index (κ2) is 4.93. The number of aryl methyl sites for hydroxylation is 1. The fraction of sp³-hybridized carbons (Fsp3) is 0.182. The molecule has 1 heterocycles. The van der Waals surface area contributed by atoms with Crippen molar-refractivity contribution < 1.29 is 13.3 Å². The Morgan fingerprint density at radius 2 is 2.00 bits per heavy atom. The Labute approximate surface area is 115 Å². The molecule has 0 bridgehead atoms. The highest BCUT2D eigenvalue weighted by Crippen LogP contribution is 2.26. The summed E-state index contributed by atoms with van der Waals surface area (Å²) in [4.78, 5) is 9.78. The lowest BCUT2D eigenvalue weighted by atomic mass is 10.3. The molecule has 0 aliphatic heterocycles. The Kier molecular flexibility index (Phi) is 3.45. The summed E-state index contributed by atoms with van der Waals surface area (Å²) in [6, 6.07) is 5.17. The van der Waals surface area contributed by atoms with E-state index < -0.39 is 20.6 Å². The summed E-state index contributed by atoms with van der Waals surface area (Å²) in [5.74, 6) is 0. The van der Waals surface area contributed by atoms with Crippen LogP contribution in [-0.2, 0) is 17.1 Å². The molecule has 0 atom stereocenters. The number of rotatable bonds is 4. The molecule has 0 spiro atoms.